The van der Waals surface area contributed by atoms with Gasteiger partial charge in [0.05, 0.1) is 18.8 Å². The molecule has 6 heteroatoms. The molecule has 0 aliphatic carbocycles. The molecule has 1 aliphatic rings. The number of halogens is 1. The number of rotatable bonds is 3. The van der Waals surface area contributed by atoms with Crippen LogP contribution in [-0.2, 0) is 0 Å². The molecule has 2 N–H and O–H groups in total. The van der Waals surface area contributed by atoms with Gasteiger partial charge in [-0.05, 0) is 42.0 Å². The molecule has 2 heterocycles. The molecule has 0 bridgehead atoms. The SMILES string of the molecule is COc1ccc(-c2n[nH]c3c2C(c2ccc(Cl)cc2)NC3=O)cc1. The zero-order valence-corrected chi connectivity index (χ0v) is 13.6. The minimum Gasteiger partial charge on any atom is -0.497 e. The van der Waals surface area contributed by atoms with Crippen LogP contribution in [0.15, 0.2) is 48.5 Å². The zero-order valence-electron chi connectivity index (χ0n) is 12.8. The van der Waals surface area contributed by atoms with E-state index in [-0.39, 0.29) is 11.9 Å². The van der Waals surface area contributed by atoms with Gasteiger partial charge in [-0.1, -0.05) is 23.7 Å². The Balaban J connectivity index is 1.80. The molecule has 1 aromatic heterocycles. The second-order valence-corrected chi connectivity index (χ2v) is 5.98. The number of aromatic nitrogens is 2. The summed E-state index contributed by atoms with van der Waals surface area (Å²) in [7, 11) is 1.63. The molecule has 5 nitrogen and oxygen atoms in total. The predicted molar refractivity (Wildman–Crippen MR) is 91.3 cm³/mol. The molecule has 0 spiro atoms. The highest BCUT2D eigenvalue weighted by Crippen LogP contribution is 2.37. The van der Waals surface area contributed by atoms with Crippen LogP contribution in [0.1, 0.15) is 27.7 Å². The van der Waals surface area contributed by atoms with E-state index in [1.165, 1.54) is 0 Å². The zero-order chi connectivity index (χ0) is 16.7. The summed E-state index contributed by atoms with van der Waals surface area (Å²) >= 11 is 5.96. The first-order valence-corrected chi connectivity index (χ1v) is 7.84. The Labute approximate surface area is 143 Å². The van der Waals surface area contributed by atoms with E-state index < -0.39 is 0 Å². The van der Waals surface area contributed by atoms with Gasteiger partial charge >= 0.3 is 0 Å². The molecule has 4 rings (SSSR count). The highest BCUT2D eigenvalue weighted by atomic mass is 35.5. The van der Waals surface area contributed by atoms with Crippen LogP contribution in [0.2, 0.25) is 5.02 Å². The fourth-order valence-electron chi connectivity index (χ4n) is 2.95. The molecular weight excluding hydrogens is 326 g/mol. The number of aromatic amines is 1. The van der Waals surface area contributed by atoms with Gasteiger partial charge in [-0.25, -0.2) is 0 Å². The lowest BCUT2D eigenvalue weighted by molar-refractivity contribution is 0.0955. The Morgan fingerprint density at radius 1 is 1.08 bits per heavy atom. The number of fused-ring (bicyclic) bond motifs is 1. The summed E-state index contributed by atoms with van der Waals surface area (Å²) in [4.78, 5) is 12.2. The first kappa shape index (κ1) is 14.8. The summed E-state index contributed by atoms with van der Waals surface area (Å²) in [6.45, 7) is 0. The van der Waals surface area contributed by atoms with E-state index in [0.717, 1.165) is 28.1 Å². The lowest BCUT2D eigenvalue weighted by Gasteiger charge is -2.13. The maximum atomic E-state index is 12.2. The lowest BCUT2D eigenvalue weighted by atomic mass is 9.97. The molecule has 1 amide bonds. The second kappa shape index (κ2) is 5.69. The van der Waals surface area contributed by atoms with Gasteiger partial charge < -0.3 is 10.1 Å². The van der Waals surface area contributed by atoms with Crippen LogP contribution in [0.4, 0.5) is 0 Å². The molecule has 1 atom stereocenters. The normalized spacial score (nSPS) is 15.9. The molecule has 0 radical (unpaired) electrons. The molecule has 1 unspecified atom stereocenters. The summed E-state index contributed by atoms with van der Waals surface area (Å²) in [5, 5.41) is 10.9. The molecule has 1 aliphatic heterocycles. The van der Waals surface area contributed by atoms with Crippen LogP contribution in [0.5, 0.6) is 5.75 Å². The van der Waals surface area contributed by atoms with E-state index in [1.54, 1.807) is 7.11 Å². The number of H-pyrrole nitrogens is 1. The molecule has 3 aromatic rings. The van der Waals surface area contributed by atoms with Gasteiger partial charge in [-0.3, -0.25) is 9.89 Å². The third-order valence-corrected chi connectivity index (χ3v) is 4.41. The van der Waals surface area contributed by atoms with E-state index >= 15 is 0 Å². The molecule has 0 saturated heterocycles. The van der Waals surface area contributed by atoms with Gasteiger partial charge in [0.1, 0.15) is 11.4 Å². The van der Waals surface area contributed by atoms with Crippen molar-refractivity contribution in [3.8, 4) is 17.0 Å². The van der Waals surface area contributed by atoms with Crippen LogP contribution < -0.4 is 10.1 Å². The Kier molecular flexibility index (Phi) is 3.50. The topological polar surface area (TPSA) is 67.0 Å². The van der Waals surface area contributed by atoms with Gasteiger partial charge in [0.15, 0.2) is 0 Å². The quantitative estimate of drug-likeness (QED) is 0.766. The summed E-state index contributed by atoms with van der Waals surface area (Å²) in [5.74, 6) is 0.617. The summed E-state index contributed by atoms with van der Waals surface area (Å²) < 4.78 is 5.19. The van der Waals surface area contributed by atoms with E-state index in [9.17, 15) is 4.79 Å². The first-order valence-electron chi connectivity index (χ1n) is 7.46. The number of hydrogen-bond acceptors (Lipinski definition) is 3. The first-order chi connectivity index (χ1) is 11.7. The van der Waals surface area contributed by atoms with Crippen molar-refractivity contribution in [3.05, 3.63) is 70.4 Å². The van der Waals surface area contributed by atoms with Crippen LogP contribution in [0.25, 0.3) is 11.3 Å². The third kappa shape index (κ3) is 2.34. The maximum absolute atomic E-state index is 12.2. The summed E-state index contributed by atoms with van der Waals surface area (Å²) in [6, 6.07) is 14.8. The van der Waals surface area contributed by atoms with Crippen LogP contribution in [0, 0.1) is 0 Å². The maximum Gasteiger partial charge on any atom is 0.270 e. The average molecular weight is 340 g/mol. The number of nitrogens with one attached hydrogen (secondary N) is 2. The molecule has 24 heavy (non-hydrogen) atoms. The van der Waals surface area contributed by atoms with Crippen LogP contribution in [0.3, 0.4) is 0 Å². The monoisotopic (exact) mass is 339 g/mol. The molecule has 120 valence electrons. The Morgan fingerprint density at radius 3 is 2.46 bits per heavy atom. The van der Waals surface area contributed by atoms with E-state index in [0.29, 0.717) is 10.7 Å². The van der Waals surface area contributed by atoms with Crippen molar-refractivity contribution in [1.82, 2.24) is 15.5 Å². The minimum absolute atomic E-state index is 0.155. The van der Waals surface area contributed by atoms with E-state index in [1.807, 2.05) is 48.5 Å². The number of hydrogen-bond donors (Lipinski definition) is 2. The van der Waals surface area contributed by atoms with E-state index in [4.69, 9.17) is 16.3 Å². The van der Waals surface area contributed by atoms with Crippen LogP contribution >= 0.6 is 11.6 Å². The smallest absolute Gasteiger partial charge is 0.270 e. The number of benzene rings is 2. The van der Waals surface area contributed by atoms with Crippen molar-refractivity contribution >= 4 is 17.5 Å². The van der Waals surface area contributed by atoms with E-state index in [2.05, 4.69) is 15.5 Å². The fraction of sp³-hybridized carbons (Fsp3) is 0.111. The number of methoxy groups -OCH3 is 1. The van der Waals surface area contributed by atoms with Gasteiger partial charge in [-0.15, -0.1) is 0 Å². The summed E-state index contributed by atoms with van der Waals surface area (Å²) in [6.07, 6.45) is 0. The predicted octanol–water partition coefficient (Wildman–Crippen LogP) is 3.57. The van der Waals surface area contributed by atoms with Crippen molar-refractivity contribution in [3.63, 3.8) is 0 Å². The van der Waals surface area contributed by atoms with Crippen molar-refractivity contribution in [2.45, 2.75) is 6.04 Å². The highest BCUT2D eigenvalue weighted by molar-refractivity contribution is 6.30. The van der Waals surface area contributed by atoms with Crippen molar-refractivity contribution < 1.29 is 9.53 Å². The highest BCUT2D eigenvalue weighted by Gasteiger charge is 2.35. The van der Waals surface area contributed by atoms with Crippen molar-refractivity contribution in [2.75, 3.05) is 7.11 Å². The Bertz CT molecular complexity index is 901. The van der Waals surface area contributed by atoms with Gasteiger partial charge in [-0.2, -0.15) is 5.10 Å². The van der Waals surface area contributed by atoms with Crippen molar-refractivity contribution in [2.24, 2.45) is 0 Å². The minimum atomic E-state index is -0.249. The third-order valence-electron chi connectivity index (χ3n) is 4.16. The van der Waals surface area contributed by atoms with Gasteiger partial charge in [0, 0.05) is 16.1 Å². The largest absolute Gasteiger partial charge is 0.497 e. The van der Waals surface area contributed by atoms with Gasteiger partial charge in [0.25, 0.3) is 5.91 Å². The lowest BCUT2D eigenvalue weighted by Crippen LogP contribution is -2.21. The molecule has 2 aromatic carbocycles. The number of amides is 1. The average Bonchev–Trinajstić information content (AvgIpc) is 3.18. The summed E-state index contributed by atoms with van der Waals surface area (Å²) in [5.41, 5.74) is 3.99. The number of carbonyl (C=O) groups is 1. The number of nitrogens with zero attached hydrogens (tertiary/aromatic N) is 1. The number of carbonyl (C=O) groups excluding carboxylic acids is 1. The Hall–Kier alpha value is -2.79. The van der Waals surface area contributed by atoms with Crippen molar-refractivity contribution in [1.29, 1.82) is 0 Å². The Morgan fingerprint density at radius 2 is 1.79 bits per heavy atom. The van der Waals surface area contributed by atoms with Crippen LogP contribution in [-0.4, -0.2) is 23.2 Å². The number of ether oxygens (including phenoxy) is 1. The fourth-order valence-corrected chi connectivity index (χ4v) is 3.08. The molecule has 0 fully saturated rings. The molecular formula is C18H14ClN3O2. The molecule has 0 saturated carbocycles. The van der Waals surface area contributed by atoms with Gasteiger partial charge in [0.2, 0.25) is 0 Å². The second-order valence-electron chi connectivity index (χ2n) is 5.55. The standard InChI is InChI=1S/C18H14ClN3O2/c1-24-13-8-4-11(5-9-13)16-14-15(10-2-6-12(19)7-3-10)20-18(23)17(14)22-21-16/h2-9,15H,1H3,(H,20,23)(H,21,22).